The van der Waals surface area contributed by atoms with E-state index in [-0.39, 0.29) is 0 Å². The van der Waals surface area contributed by atoms with Crippen molar-refractivity contribution in [2.75, 3.05) is 0 Å². The molecule has 1 nitrogen and oxygen atoms in total. The molecule has 0 rings (SSSR count). The molecule has 0 aliphatic rings. The van der Waals surface area contributed by atoms with E-state index in [4.69, 9.17) is 0 Å². The number of carbonyl (C=O) groups excluding carboxylic acids is 1. The number of hydrogen-bond acceptors (Lipinski definition) is 1. The molecule has 1 heteroatoms. The second kappa shape index (κ2) is 6.14. The number of aldehydes is 1. The van der Waals surface area contributed by atoms with Gasteiger partial charge in [0.2, 0.25) is 0 Å². The molecule has 0 amide bonds. The van der Waals surface area contributed by atoms with Crippen molar-refractivity contribution >= 4 is 6.29 Å². The average molecular weight is 154 g/mol. The van der Waals surface area contributed by atoms with Crippen molar-refractivity contribution in [2.24, 2.45) is 5.92 Å². The molecule has 1 atom stereocenters. The first-order valence-corrected chi connectivity index (χ1v) is 4.40. The van der Waals surface area contributed by atoms with Gasteiger partial charge in [0.1, 0.15) is 6.29 Å². The van der Waals surface area contributed by atoms with Gasteiger partial charge in [0.05, 0.1) is 0 Å². The largest absolute Gasteiger partial charge is 0.298 e. The van der Waals surface area contributed by atoms with Crippen molar-refractivity contribution in [3.05, 3.63) is 11.6 Å². The SMILES string of the molecule is CCCC(C)/C=C(/C=O)CC. The van der Waals surface area contributed by atoms with Crippen LogP contribution in [0.1, 0.15) is 40.0 Å². The van der Waals surface area contributed by atoms with E-state index in [0.717, 1.165) is 18.3 Å². The van der Waals surface area contributed by atoms with Crippen LogP contribution in [0.5, 0.6) is 0 Å². The molecule has 0 radical (unpaired) electrons. The Morgan fingerprint density at radius 2 is 2.09 bits per heavy atom. The zero-order chi connectivity index (χ0) is 8.69. The van der Waals surface area contributed by atoms with Gasteiger partial charge >= 0.3 is 0 Å². The molecule has 0 spiro atoms. The monoisotopic (exact) mass is 154 g/mol. The van der Waals surface area contributed by atoms with Gasteiger partial charge in [-0.15, -0.1) is 0 Å². The van der Waals surface area contributed by atoms with E-state index in [2.05, 4.69) is 19.9 Å². The summed E-state index contributed by atoms with van der Waals surface area (Å²) in [4.78, 5) is 10.4. The molecule has 0 fully saturated rings. The lowest BCUT2D eigenvalue weighted by Crippen LogP contribution is -1.92. The summed E-state index contributed by atoms with van der Waals surface area (Å²) in [5.41, 5.74) is 0.936. The van der Waals surface area contributed by atoms with Crippen LogP contribution in [-0.4, -0.2) is 6.29 Å². The van der Waals surface area contributed by atoms with E-state index in [1.807, 2.05) is 6.92 Å². The van der Waals surface area contributed by atoms with Crippen LogP contribution in [0.25, 0.3) is 0 Å². The third-order valence-corrected chi connectivity index (χ3v) is 1.80. The first-order valence-electron chi connectivity index (χ1n) is 4.40. The predicted molar refractivity (Wildman–Crippen MR) is 48.5 cm³/mol. The van der Waals surface area contributed by atoms with Crippen LogP contribution in [0.2, 0.25) is 0 Å². The maximum atomic E-state index is 10.4. The van der Waals surface area contributed by atoms with E-state index < -0.39 is 0 Å². The van der Waals surface area contributed by atoms with Gasteiger partial charge in [-0.25, -0.2) is 0 Å². The maximum Gasteiger partial charge on any atom is 0.145 e. The van der Waals surface area contributed by atoms with Crippen molar-refractivity contribution in [1.82, 2.24) is 0 Å². The summed E-state index contributed by atoms with van der Waals surface area (Å²) in [6, 6.07) is 0. The molecule has 0 aromatic carbocycles. The summed E-state index contributed by atoms with van der Waals surface area (Å²) >= 11 is 0. The molecular formula is C10H18O. The lowest BCUT2D eigenvalue weighted by molar-refractivity contribution is -0.105. The number of carbonyl (C=O) groups is 1. The average Bonchev–Trinajstić information content (AvgIpc) is 2.01. The molecule has 0 heterocycles. The summed E-state index contributed by atoms with van der Waals surface area (Å²) in [6.07, 6.45) is 6.27. The number of hydrogen-bond donors (Lipinski definition) is 0. The molecule has 11 heavy (non-hydrogen) atoms. The molecule has 0 aliphatic carbocycles. The number of allylic oxidation sites excluding steroid dienone is 2. The van der Waals surface area contributed by atoms with Crippen molar-refractivity contribution in [1.29, 1.82) is 0 Å². The molecule has 0 saturated heterocycles. The van der Waals surface area contributed by atoms with Gasteiger partial charge in [-0.1, -0.05) is 33.3 Å². The third-order valence-electron chi connectivity index (χ3n) is 1.80. The van der Waals surface area contributed by atoms with Crippen LogP contribution < -0.4 is 0 Å². The van der Waals surface area contributed by atoms with Crippen molar-refractivity contribution in [2.45, 2.75) is 40.0 Å². The van der Waals surface area contributed by atoms with Crippen LogP contribution >= 0.6 is 0 Å². The summed E-state index contributed by atoms with van der Waals surface area (Å²) in [5, 5.41) is 0. The zero-order valence-corrected chi connectivity index (χ0v) is 7.76. The van der Waals surface area contributed by atoms with Gasteiger partial charge in [-0.2, -0.15) is 0 Å². The fourth-order valence-corrected chi connectivity index (χ4v) is 1.14. The molecule has 0 bridgehead atoms. The maximum absolute atomic E-state index is 10.4. The first kappa shape index (κ1) is 10.4. The Labute approximate surface area is 69.5 Å². The lowest BCUT2D eigenvalue weighted by atomic mass is 10.0. The quantitative estimate of drug-likeness (QED) is 0.439. The van der Waals surface area contributed by atoms with E-state index in [1.54, 1.807) is 0 Å². The molecule has 0 saturated carbocycles. The Morgan fingerprint density at radius 3 is 2.45 bits per heavy atom. The molecule has 1 unspecified atom stereocenters. The van der Waals surface area contributed by atoms with Gasteiger partial charge in [0, 0.05) is 0 Å². The lowest BCUT2D eigenvalue weighted by Gasteiger charge is -2.03. The summed E-state index contributed by atoms with van der Waals surface area (Å²) < 4.78 is 0. The normalized spacial score (nSPS) is 14.6. The topological polar surface area (TPSA) is 17.1 Å². The van der Waals surface area contributed by atoms with Crippen molar-refractivity contribution in [3.63, 3.8) is 0 Å². The Hall–Kier alpha value is -0.590. The van der Waals surface area contributed by atoms with E-state index in [9.17, 15) is 4.79 Å². The van der Waals surface area contributed by atoms with Crippen LogP contribution in [0, 0.1) is 5.92 Å². The fraction of sp³-hybridized carbons (Fsp3) is 0.700. The second-order valence-electron chi connectivity index (χ2n) is 2.98. The zero-order valence-electron chi connectivity index (χ0n) is 7.76. The minimum absolute atomic E-state index is 0.556. The highest BCUT2D eigenvalue weighted by Crippen LogP contribution is 2.10. The van der Waals surface area contributed by atoms with Crippen molar-refractivity contribution < 1.29 is 4.79 Å². The molecule has 0 aromatic rings. The summed E-state index contributed by atoms with van der Waals surface area (Å²) in [5.74, 6) is 0.556. The number of rotatable bonds is 5. The van der Waals surface area contributed by atoms with Crippen LogP contribution in [-0.2, 0) is 4.79 Å². The van der Waals surface area contributed by atoms with Gasteiger partial charge in [-0.3, -0.25) is 4.79 Å². The predicted octanol–water partition coefficient (Wildman–Crippen LogP) is 2.96. The van der Waals surface area contributed by atoms with Crippen molar-refractivity contribution in [3.8, 4) is 0 Å². The smallest absolute Gasteiger partial charge is 0.145 e. The van der Waals surface area contributed by atoms with Gasteiger partial charge in [0.25, 0.3) is 0 Å². The van der Waals surface area contributed by atoms with E-state index in [1.165, 1.54) is 12.8 Å². The Morgan fingerprint density at radius 1 is 1.45 bits per heavy atom. The summed E-state index contributed by atoms with van der Waals surface area (Å²) in [6.45, 7) is 6.33. The van der Waals surface area contributed by atoms with E-state index >= 15 is 0 Å². The molecule has 0 aliphatic heterocycles. The van der Waals surface area contributed by atoms with Gasteiger partial charge in [-0.05, 0) is 24.3 Å². The second-order valence-corrected chi connectivity index (χ2v) is 2.98. The van der Waals surface area contributed by atoms with Crippen LogP contribution in [0.3, 0.4) is 0 Å². The summed E-state index contributed by atoms with van der Waals surface area (Å²) in [7, 11) is 0. The Bertz CT molecular complexity index is 136. The van der Waals surface area contributed by atoms with Gasteiger partial charge in [0.15, 0.2) is 0 Å². The van der Waals surface area contributed by atoms with E-state index in [0.29, 0.717) is 5.92 Å². The standard InChI is InChI=1S/C10H18O/c1-4-6-9(3)7-10(5-2)8-11/h7-9H,4-6H2,1-3H3/b10-7+. The highest BCUT2D eigenvalue weighted by atomic mass is 16.1. The Kier molecular flexibility index (Phi) is 5.81. The van der Waals surface area contributed by atoms with Crippen LogP contribution in [0.4, 0.5) is 0 Å². The Balaban J connectivity index is 3.91. The fourth-order valence-electron chi connectivity index (χ4n) is 1.14. The molecule has 0 aromatic heterocycles. The highest BCUT2D eigenvalue weighted by molar-refractivity contribution is 5.72. The minimum Gasteiger partial charge on any atom is -0.298 e. The van der Waals surface area contributed by atoms with Crippen LogP contribution in [0.15, 0.2) is 11.6 Å². The minimum atomic E-state index is 0.556. The first-order chi connectivity index (χ1) is 5.24. The molecule has 64 valence electrons. The molecular weight excluding hydrogens is 136 g/mol. The molecule has 0 N–H and O–H groups in total. The third kappa shape index (κ3) is 4.77. The highest BCUT2D eigenvalue weighted by Gasteiger charge is 1.97. The van der Waals surface area contributed by atoms with Gasteiger partial charge < -0.3 is 0 Å².